The predicted octanol–water partition coefficient (Wildman–Crippen LogP) is 2.53. The number of benzene rings is 1. The number of methoxy groups -OCH3 is 2. The largest absolute Gasteiger partial charge is 0.493 e. The molecule has 0 saturated carbocycles. The fourth-order valence-corrected chi connectivity index (χ4v) is 3.88. The number of amides is 2. The molecule has 1 atom stereocenters. The molecule has 3 rings (SSSR count). The van der Waals surface area contributed by atoms with Gasteiger partial charge >= 0.3 is 0 Å². The first-order chi connectivity index (χ1) is 12.4. The van der Waals surface area contributed by atoms with Crippen molar-refractivity contribution in [2.45, 2.75) is 30.7 Å². The maximum absolute atomic E-state index is 12.8. The standard InChI is InChI=1S/C18H19N3O4S/c1-10-7-11(2)20-18(19-10)26-15-9-16(22)21(17(15)23)12-5-6-13(24-3)14(8-12)25-4/h5-8,15H,9H2,1-4H3. The van der Waals surface area contributed by atoms with E-state index in [9.17, 15) is 9.59 Å². The number of aromatic nitrogens is 2. The van der Waals surface area contributed by atoms with Crippen molar-refractivity contribution in [1.82, 2.24) is 9.97 Å². The Balaban J connectivity index is 1.85. The van der Waals surface area contributed by atoms with Gasteiger partial charge in [0.15, 0.2) is 16.7 Å². The fraction of sp³-hybridized carbons (Fsp3) is 0.333. The molecule has 1 aliphatic heterocycles. The van der Waals surface area contributed by atoms with Gasteiger partial charge in [0.2, 0.25) is 11.8 Å². The molecule has 0 aliphatic carbocycles. The molecule has 1 fully saturated rings. The molecule has 0 radical (unpaired) electrons. The van der Waals surface area contributed by atoms with Gasteiger partial charge in [-0.2, -0.15) is 0 Å². The first-order valence-corrected chi connectivity index (χ1v) is 8.88. The van der Waals surface area contributed by atoms with Crippen molar-refractivity contribution in [2.24, 2.45) is 0 Å². The van der Waals surface area contributed by atoms with Crippen LogP contribution in [0, 0.1) is 13.8 Å². The summed E-state index contributed by atoms with van der Waals surface area (Å²) in [6.45, 7) is 3.74. The molecule has 8 heteroatoms. The van der Waals surface area contributed by atoms with Gasteiger partial charge in [-0.1, -0.05) is 11.8 Å². The van der Waals surface area contributed by atoms with Gasteiger partial charge in [-0.25, -0.2) is 14.9 Å². The van der Waals surface area contributed by atoms with Gasteiger partial charge in [-0.05, 0) is 32.0 Å². The number of hydrogen-bond donors (Lipinski definition) is 0. The van der Waals surface area contributed by atoms with Crippen LogP contribution in [-0.4, -0.2) is 41.3 Å². The quantitative estimate of drug-likeness (QED) is 0.588. The van der Waals surface area contributed by atoms with E-state index < -0.39 is 5.25 Å². The molecule has 0 N–H and O–H groups in total. The van der Waals surface area contributed by atoms with E-state index in [1.807, 2.05) is 19.9 Å². The Hall–Kier alpha value is -2.61. The van der Waals surface area contributed by atoms with Gasteiger partial charge in [0.25, 0.3) is 0 Å². The molecule has 1 aromatic heterocycles. The predicted molar refractivity (Wildman–Crippen MR) is 97.8 cm³/mol. The van der Waals surface area contributed by atoms with Crippen molar-refractivity contribution in [1.29, 1.82) is 0 Å². The number of imide groups is 1. The Kier molecular flexibility index (Phi) is 5.13. The van der Waals surface area contributed by atoms with Crippen LogP contribution < -0.4 is 14.4 Å². The zero-order valence-electron chi connectivity index (χ0n) is 15.0. The zero-order valence-corrected chi connectivity index (χ0v) is 15.8. The van der Waals surface area contributed by atoms with E-state index in [1.54, 1.807) is 18.2 Å². The third-order valence-corrected chi connectivity index (χ3v) is 4.99. The Bertz CT molecular complexity index is 851. The number of anilines is 1. The lowest BCUT2D eigenvalue weighted by Crippen LogP contribution is -2.31. The number of hydrogen-bond acceptors (Lipinski definition) is 7. The second-order valence-corrected chi connectivity index (χ2v) is 7.02. The van der Waals surface area contributed by atoms with E-state index in [0.29, 0.717) is 22.3 Å². The average Bonchev–Trinajstić information content (AvgIpc) is 2.87. The summed E-state index contributed by atoms with van der Waals surface area (Å²) in [5.74, 6) is 0.448. The van der Waals surface area contributed by atoms with Gasteiger partial charge in [-0.15, -0.1) is 0 Å². The highest BCUT2D eigenvalue weighted by Gasteiger charge is 2.41. The Morgan fingerprint density at radius 1 is 1.04 bits per heavy atom. The van der Waals surface area contributed by atoms with Crippen molar-refractivity contribution < 1.29 is 19.1 Å². The van der Waals surface area contributed by atoms with Crippen LogP contribution in [0.2, 0.25) is 0 Å². The molecule has 7 nitrogen and oxygen atoms in total. The van der Waals surface area contributed by atoms with E-state index in [0.717, 1.165) is 11.4 Å². The molecule has 26 heavy (non-hydrogen) atoms. The number of carbonyl (C=O) groups is 2. The molecule has 1 aliphatic rings. The van der Waals surface area contributed by atoms with Crippen LogP contribution in [0.25, 0.3) is 0 Å². The molecular weight excluding hydrogens is 354 g/mol. The molecule has 1 saturated heterocycles. The van der Waals surface area contributed by atoms with Crippen LogP contribution in [0.15, 0.2) is 29.4 Å². The third kappa shape index (κ3) is 3.50. The number of thioether (sulfide) groups is 1. The molecule has 1 aromatic carbocycles. The summed E-state index contributed by atoms with van der Waals surface area (Å²) in [7, 11) is 3.03. The van der Waals surface area contributed by atoms with E-state index >= 15 is 0 Å². The van der Waals surface area contributed by atoms with Crippen molar-refractivity contribution in [3.8, 4) is 11.5 Å². The molecule has 2 heterocycles. The van der Waals surface area contributed by atoms with Crippen LogP contribution in [0.1, 0.15) is 17.8 Å². The average molecular weight is 373 g/mol. The van der Waals surface area contributed by atoms with Crippen molar-refractivity contribution >= 4 is 29.3 Å². The van der Waals surface area contributed by atoms with Crippen LogP contribution in [-0.2, 0) is 9.59 Å². The number of aryl methyl sites for hydroxylation is 2. The van der Waals surface area contributed by atoms with E-state index in [2.05, 4.69) is 9.97 Å². The fourth-order valence-electron chi connectivity index (χ4n) is 2.80. The van der Waals surface area contributed by atoms with Crippen LogP contribution in [0.5, 0.6) is 11.5 Å². The highest BCUT2D eigenvalue weighted by atomic mass is 32.2. The minimum Gasteiger partial charge on any atom is -0.493 e. The second kappa shape index (κ2) is 7.33. The third-order valence-electron chi connectivity index (χ3n) is 3.94. The molecule has 2 aromatic rings. The Labute approximate surface area is 155 Å². The number of carbonyl (C=O) groups excluding carboxylic acids is 2. The number of rotatable bonds is 5. The monoisotopic (exact) mass is 373 g/mol. The van der Waals surface area contributed by atoms with Crippen molar-refractivity contribution in [3.05, 3.63) is 35.7 Å². The zero-order chi connectivity index (χ0) is 18.8. The van der Waals surface area contributed by atoms with Gasteiger partial charge in [-0.3, -0.25) is 9.59 Å². The number of nitrogens with zero attached hydrogens (tertiary/aromatic N) is 3. The minimum absolute atomic E-state index is 0.105. The summed E-state index contributed by atoms with van der Waals surface area (Å²) >= 11 is 1.22. The maximum atomic E-state index is 12.8. The first-order valence-electron chi connectivity index (χ1n) is 8.00. The second-order valence-electron chi connectivity index (χ2n) is 5.85. The molecule has 0 spiro atoms. The lowest BCUT2D eigenvalue weighted by Gasteiger charge is -2.17. The van der Waals surface area contributed by atoms with Gasteiger partial charge in [0.1, 0.15) is 5.25 Å². The summed E-state index contributed by atoms with van der Waals surface area (Å²) in [6, 6.07) is 6.82. The van der Waals surface area contributed by atoms with Crippen molar-refractivity contribution in [3.63, 3.8) is 0 Å². The van der Waals surface area contributed by atoms with Crippen LogP contribution in [0.3, 0.4) is 0 Å². The maximum Gasteiger partial charge on any atom is 0.247 e. The first kappa shape index (κ1) is 18.2. The van der Waals surface area contributed by atoms with E-state index in [-0.39, 0.29) is 18.2 Å². The molecule has 136 valence electrons. The summed E-state index contributed by atoms with van der Waals surface area (Å²) in [5.41, 5.74) is 2.11. The highest BCUT2D eigenvalue weighted by Crippen LogP contribution is 2.36. The van der Waals surface area contributed by atoms with Crippen LogP contribution >= 0.6 is 11.8 Å². The molecule has 0 bridgehead atoms. The van der Waals surface area contributed by atoms with Gasteiger partial charge in [0, 0.05) is 23.9 Å². The van der Waals surface area contributed by atoms with E-state index in [4.69, 9.17) is 9.47 Å². The summed E-state index contributed by atoms with van der Waals surface area (Å²) in [4.78, 5) is 35.1. The molecule has 1 unspecified atom stereocenters. The normalized spacial score (nSPS) is 16.9. The van der Waals surface area contributed by atoms with E-state index in [1.165, 1.54) is 30.9 Å². The topological polar surface area (TPSA) is 81.6 Å². The van der Waals surface area contributed by atoms with Crippen LogP contribution in [0.4, 0.5) is 5.69 Å². The Morgan fingerprint density at radius 3 is 2.31 bits per heavy atom. The highest BCUT2D eigenvalue weighted by molar-refractivity contribution is 8.00. The van der Waals surface area contributed by atoms with Crippen molar-refractivity contribution in [2.75, 3.05) is 19.1 Å². The smallest absolute Gasteiger partial charge is 0.247 e. The number of ether oxygens (including phenoxy) is 2. The lowest BCUT2D eigenvalue weighted by atomic mass is 10.2. The SMILES string of the molecule is COc1ccc(N2C(=O)CC(Sc3nc(C)cc(C)n3)C2=O)cc1OC. The molecular formula is C18H19N3O4S. The van der Waals surface area contributed by atoms with Gasteiger partial charge in [0.05, 0.1) is 19.9 Å². The molecule has 2 amide bonds. The summed E-state index contributed by atoms with van der Waals surface area (Å²) in [5, 5.41) is -0.0420. The lowest BCUT2D eigenvalue weighted by molar-refractivity contribution is -0.121. The minimum atomic E-state index is -0.545. The summed E-state index contributed by atoms with van der Waals surface area (Å²) in [6.07, 6.45) is 0.105. The Morgan fingerprint density at radius 2 is 1.69 bits per heavy atom. The van der Waals surface area contributed by atoms with Gasteiger partial charge < -0.3 is 9.47 Å². The summed E-state index contributed by atoms with van der Waals surface area (Å²) < 4.78 is 10.5.